The first-order chi connectivity index (χ1) is 11.2. The van der Waals surface area contributed by atoms with Crippen LogP contribution in [0.2, 0.25) is 0 Å². The highest BCUT2D eigenvalue weighted by molar-refractivity contribution is 7.11. The van der Waals surface area contributed by atoms with Crippen LogP contribution >= 0.6 is 11.3 Å². The molecule has 5 nitrogen and oxygen atoms in total. The van der Waals surface area contributed by atoms with Crippen molar-refractivity contribution < 1.29 is 9.53 Å². The van der Waals surface area contributed by atoms with Gasteiger partial charge in [-0.2, -0.15) is 0 Å². The SMILES string of the molecule is Cc1cnc([C@@H](NC(=O)N[C@H]2COc3ccccc32)C2CC2)s1. The molecule has 1 aliphatic heterocycles. The van der Waals surface area contributed by atoms with Crippen molar-refractivity contribution in [1.82, 2.24) is 15.6 Å². The van der Waals surface area contributed by atoms with Gasteiger partial charge < -0.3 is 15.4 Å². The zero-order valence-corrected chi connectivity index (χ0v) is 13.7. The van der Waals surface area contributed by atoms with E-state index in [4.69, 9.17) is 4.74 Å². The zero-order valence-electron chi connectivity index (χ0n) is 12.9. The average molecular weight is 329 g/mol. The molecular weight excluding hydrogens is 310 g/mol. The summed E-state index contributed by atoms with van der Waals surface area (Å²) in [4.78, 5) is 18.1. The molecule has 2 aromatic rings. The number of nitrogens with zero attached hydrogens (tertiary/aromatic N) is 1. The quantitative estimate of drug-likeness (QED) is 0.904. The summed E-state index contributed by atoms with van der Waals surface area (Å²) in [5, 5.41) is 7.14. The second-order valence-electron chi connectivity index (χ2n) is 6.14. The van der Waals surface area contributed by atoms with Crippen LogP contribution in [0.4, 0.5) is 4.79 Å². The van der Waals surface area contributed by atoms with Crippen molar-refractivity contribution in [2.45, 2.75) is 31.8 Å². The summed E-state index contributed by atoms with van der Waals surface area (Å²) >= 11 is 1.66. The lowest BCUT2D eigenvalue weighted by atomic mass is 10.1. The highest BCUT2D eigenvalue weighted by Gasteiger charge is 2.36. The van der Waals surface area contributed by atoms with Crippen LogP contribution in [-0.4, -0.2) is 17.6 Å². The van der Waals surface area contributed by atoms with Crippen LogP contribution in [0, 0.1) is 12.8 Å². The number of para-hydroxylation sites is 1. The second-order valence-corrected chi connectivity index (χ2v) is 7.41. The minimum Gasteiger partial charge on any atom is -0.491 e. The molecule has 1 aliphatic carbocycles. The Morgan fingerprint density at radius 2 is 2.22 bits per heavy atom. The van der Waals surface area contributed by atoms with E-state index in [2.05, 4.69) is 15.6 Å². The summed E-state index contributed by atoms with van der Waals surface area (Å²) in [5.74, 6) is 1.37. The summed E-state index contributed by atoms with van der Waals surface area (Å²) in [6.07, 6.45) is 4.17. The molecule has 1 fully saturated rings. The third-order valence-corrected chi connectivity index (χ3v) is 5.29. The fraction of sp³-hybridized carbons (Fsp3) is 0.412. The van der Waals surface area contributed by atoms with Gasteiger partial charge >= 0.3 is 6.03 Å². The van der Waals surface area contributed by atoms with Crippen LogP contribution in [-0.2, 0) is 0 Å². The van der Waals surface area contributed by atoms with Gasteiger partial charge in [-0.25, -0.2) is 9.78 Å². The Kier molecular flexibility index (Phi) is 3.69. The number of ether oxygens (including phenoxy) is 1. The molecule has 1 aromatic heterocycles. The van der Waals surface area contributed by atoms with Crippen LogP contribution < -0.4 is 15.4 Å². The first-order valence-electron chi connectivity index (χ1n) is 7.92. The number of aromatic nitrogens is 1. The van der Waals surface area contributed by atoms with Crippen molar-refractivity contribution in [3.63, 3.8) is 0 Å². The van der Waals surface area contributed by atoms with E-state index in [0.29, 0.717) is 12.5 Å². The van der Waals surface area contributed by atoms with E-state index in [9.17, 15) is 4.79 Å². The predicted octanol–water partition coefficient (Wildman–Crippen LogP) is 3.34. The van der Waals surface area contributed by atoms with Crippen molar-refractivity contribution in [2.75, 3.05) is 6.61 Å². The number of carbonyl (C=O) groups is 1. The van der Waals surface area contributed by atoms with Gasteiger partial charge in [-0.05, 0) is 31.7 Å². The first-order valence-corrected chi connectivity index (χ1v) is 8.73. The molecule has 2 amide bonds. The van der Waals surface area contributed by atoms with Crippen LogP contribution in [0.5, 0.6) is 5.75 Å². The largest absolute Gasteiger partial charge is 0.491 e. The van der Waals surface area contributed by atoms with Crippen LogP contribution in [0.15, 0.2) is 30.5 Å². The third kappa shape index (κ3) is 3.03. The molecule has 0 bridgehead atoms. The number of thiazole rings is 1. The van der Waals surface area contributed by atoms with Gasteiger partial charge in [-0.3, -0.25) is 0 Å². The van der Waals surface area contributed by atoms with E-state index < -0.39 is 0 Å². The standard InChI is InChI=1S/C17H19N3O2S/c1-10-8-18-16(23-10)15(11-6-7-11)20-17(21)19-13-9-22-14-5-3-2-4-12(13)14/h2-5,8,11,13,15H,6-7,9H2,1H3,(H2,19,20,21)/t13-,15-/m0/s1. The smallest absolute Gasteiger partial charge is 0.315 e. The molecule has 0 saturated heterocycles. The van der Waals surface area contributed by atoms with E-state index in [0.717, 1.165) is 29.2 Å². The number of benzene rings is 1. The molecule has 4 rings (SSSR count). The van der Waals surface area contributed by atoms with Crippen molar-refractivity contribution in [2.24, 2.45) is 5.92 Å². The summed E-state index contributed by atoms with van der Waals surface area (Å²) in [6.45, 7) is 2.52. The molecule has 1 aromatic carbocycles. The molecule has 1 saturated carbocycles. The van der Waals surface area contributed by atoms with E-state index in [-0.39, 0.29) is 18.1 Å². The average Bonchev–Trinajstić information content (AvgIpc) is 3.18. The summed E-state index contributed by atoms with van der Waals surface area (Å²) in [6, 6.07) is 7.60. The molecule has 0 radical (unpaired) electrons. The Hall–Kier alpha value is -2.08. The number of carbonyl (C=O) groups excluding carboxylic acids is 1. The lowest BCUT2D eigenvalue weighted by Crippen LogP contribution is -2.41. The lowest BCUT2D eigenvalue weighted by molar-refractivity contribution is 0.227. The summed E-state index contributed by atoms with van der Waals surface area (Å²) in [7, 11) is 0. The maximum Gasteiger partial charge on any atom is 0.315 e. The highest BCUT2D eigenvalue weighted by atomic mass is 32.1. The number of nitrogens with one attached hydrogen (secondary N) is 2. The Labute approximate surface area is 139 Å². The molecule has 0 unspecified atom stereocenters. The molecule has 0 spiro atoms. The number of fused-ring (bicyclic) bond motifs is 1. The van der Waals surface area contributed by atoms with Crippen molar-refractivity contribution in [3.8, 4) is 5.75 Å². The van der Waals surface area contributed by atoms with Gasteiger partial charge in [0.05, 0.1) is 12.1 Å². The molecular formula is C17H19N3O2S. The van der Waals surface area contributed by atoms with Gasteiger partial charge in [-0.1, -0.05) is 18.2 Å². The van der Waals surface area contributed by atoms with Crippen LogP contribution in [0.25, 0.3) is 0 Å². The maximum atomic E-state index is 12.4. The minimum atomic E-state index is -0.153. The zero-order chi connectivity index (χ0) is 15.8. The fourth-order valence-corrected chi connectivity index (χ4v) is 3.87. The van der Waals surface area contributed by atoms with E-state index in [1.807, 2.05) is 37.4 Å². The van der Waals surface area contributed by atoms with Crippen LogP contribution in [0.1, 0.15) is 40.4 Å². The highest BCUT2D eigenvalue weighted by Crippen LogP contribution is 2.42. The number of rotatable bonds is 4. The molecule has 6 heteroatoms. The van der Waals surface area contributed by atoms with E-state index in [1.165, 1.54) is 4.88 Å². The molecule has 23 heavy (non-hydrogen) atoms. The Morgan fingerprint density at radius 3 is 2.96 bits per heavy atom. The minimum absolute atomic E-state index is 0.0197. The molecule has 2 N–H and O–H groups in total. The van der Waals surface area contributed by atoms with Crippen molar-refractivity contribution >= 4 is 17.4 Å². The monoisotopic (exact) mass is 329 g/mol. The Morgan fingerprint density at radius 1 is 1.39 bits per heavy atom. The summed E-state index contributed by atoms with van der Waals surface area (Å²) < 4.78 is 5.61. The van der Waals surface area contributed by atoms with Gasteiger partial charge in [0.2, 0.25) is 0 Å². The summed E-state index contributed by atoms with van der Waals surface area (Å²) in [5.41, 5.74) is 1.04. The first kappa shape index (κ1) is 14.5. The number of hydrogen-bond acceptors (Lipinski definition) is 4. The van der Waals surface area contributed by atoms with Crippen molar-refractivity contribution in [3.05, 3.63) is 45.9 Å². The second kappa shape index (κ2) is 5.85. The normalized spacial score (nSPS) is 20.5. The number of aryl methyl sites for hydroxylation is 1. The van der Waals surface area contributed by atoms with Crippen LogP contribution in [0.3, 0.4) is 0 Å². The molecule has 2 atom stereocenters. The third-order valence-electron chi connectivity index (χ3n) is 4.29. The molecule has 120 valence electrons. The molecule has 2 aliphatic rings. The van der Waals surface area contributed by atoms with Gasteiger partial charge in [0.25, 0.3) is 0 Å². The topological polar surface area (TPSA) is 63.2 Å². The maximum absolute atomic E-state index is 12.4. The molecule has 2 heterocycles. The van der Waals surface area contributed by atoms with Gasteiger partial charge in [0, 0.05) is 16.6 Å². The number of hydrogen-bond donors (Lipinski definition) is 2. The van der Waals surface area contributed by atoms with Gasteiger partial charge in [-0.15, -0.1) is 11.3 Å². The number of urea groups is 1. The Bertz CT molecular complexity index is 726. The Balaban J connectivity index is 1.43. The fourth-order valence-electron chi connectivity index (χ4n) is 2.95. The van der Waals surface area contributed by atoms with Crippen molar-refractivity contribution in [1.29, 1.82) is 0 Å². The van der Waals surface area contributed by atoms with Gasteiger partial charge in [0.1, 0.15) is 17.4 Å². The predicted molar refractivity (Wildman–Crippen MR) is 88.7 cm³/mol. The number of amides is 2. The van der Waals surface area contributed by atoms with Gasteiger partial charge in [0.15, 0.2) is 0 Å². The lowest BCUT2D eigenvalue weighted by Gasteiger charge is -2.18. The van der Waals surface area contributed by atoms with E-state index in [1.54, 1.807) is 11.3 Å². The van der Waals surface area contributed by atoms with E-state index >= 15 is 0 Å².